The highest BCUT2D eigenvalue weighted by atomic mass is 35.5. The summed E-state index contributed by atoms with van der Waals surface area (Å²) in [6, 6.07) is 6.39. The van der Waals surface area contributed by atoms with Crippen molar-refractivity contribution in [1.29, 1.82) is 0 Å². The molecule has 0 unspecified atom stereocenters. The van der Waals surface area contributed by atoms with Gasteiger partial charge in [0, 0.05) is 17.8 Å². The lowest BCUT2D eigenvalue weighted by atomic mass is 10.1. The van der Waals surface area contributed by atoms with E-state index < -0.39 is 47.5 Å². The molecular formula is C21H19ClF3N3O7S. The molecule has 0 spiro atoms. The van der Waals surface area contributed by atoms with Crippen LogP contribution in [0.25, 0.3) is 0 Å². The quantitative estimate of drug-likeness (QED) is 0.242. The van der Waals surface area contributed by atoms with Crippen molar-refractivity contribution < 1.29 is 42.0 Å². The smallest absolute Gasteiger partial charge is 0.454 e. The first-order valence-corrected chi connectivity index (χ1v) is 11.7. The fourth-order valence-corrected chi connectivity index (χ4v) is 3.43. The number of rotatable bonds is 11. The van der Waals surface area contributed by atoms with Gasteiger partial charge in [0.15, 0.2) is 6.61 Å². The number of nitro groups is 1. The minimum Gasteiger partial charge on any atom is -0.454 e. The van der Waals surface area contributed by atoms with Gasteiger partial charge in [0.2, 0.25) is 0 Å². The van der Waals surface area contributed by atoms with Crippen LogP contribution >= 0.6 is 23.4 Å². The number of hydrogen-bond acceptors (Lipinski definition) is 8. The number of carbonyl (C=O) groups is 3. The first kappa shape index (κ1) is 28.7. The van der Waals surface area contributed by atoms with Crippen LogP contribution in [0.4, 0.5) is 24.5 Å². The van der Waals surface area contributed by atoms with Crippen molar-refractivity contribution >= 4 is 52.5 Å². The van der Waals surface area contributed by atoms with Gasteiger partial charge in [0.1, 0.15) is 11.8 Å². The van der Waals surface area contributed by atoms with E-state index in [-0.39, 0.29) is 28.4 Å². The molecule has 2 N–H and O–H groups in total. The third kappa shape index (κ3) is 9.26. The number of nitrogens with one attached hydrogen (secondary N) is 2. The molecular weight excluding hydrogens is 531 g/mol. The molecule has 0 heterocycles. The molecule has 2 amide bonds. The van der Waals surface area contributed by atoms with E-state index >= 15 is 0 Å². The maximum atomic E-state index is 12.6. The lowest BCUT2D eigenvalue weighted by molar-refractivity contribution is -0.384. The van der Waals surface area contributed by atoms with Gasteiger partial charge in [-0.15, -0.1) is 13.2 Å². The van der Waals surface area contributed by atoms with Crippen molar-refractivity contribution in [2.75, 3.05) is 23.9 Å². The summed E-state index contributed by atoms with van der Waals surface area (Å²) < 4.78 is 45.3. The van der Waals surface area contributed by atoms with Gasteiger partial charge in [-0.25, -0.2) is 4.79 Å². The molecule has 0 radical (unpaired) electrons. The Balaban J connectivity index is 1.96. The molecule has 2 aromatic carbocycles. The summed E-state index contributed by atoms with van der Waals surface area (Å²) in [6.45, 7) is -0.733. The number of anilines is 1. The van der Waals surface area contributed by atoms with Gasteiger partial charge in [-0.1, -0.05) is 11.6 Å². The Morgan fingerprint density at radius 3 is 2.39 bits per heavy atom. The topological polar surface area (TPSA) is 137 Å². The Bertz CT molecular complexity index is 1120. The van der Waals surface area contributed by atoms with Gasteiger partial charge in [0.05, 0.1) is 15.5 Å². The number of benzene rings is 2. The van der Waals surface area contributed by atoms with Crippen LogP contribution in [0.3, 0.4) is 0 Å². The number of nitro benzene ring substituents is 1. The van der Waals surface area contributed by atoms with Gasteiger partial charge in [-0.3, -0.25) is 19.7 Å². The van der Waals surface area contributed by atoms with E-state index in [4.69, 9.17) is 16.3 Å². The van der Waals surface area contributed by atoms with Crippen molar-refractivity contribution in [1.82, 2.24) is 5.32 Å². The number of amides is 2. The van der Waals surface area contributed by atoms with Crippen LogP contribution in [0.5, 0.6) is 5.75 Å². The number of non-ortho nitro benzene ring substituents is 1. The Labute approximate surface area is 211 Å². The summed E-state index contributed by atoms with van der Waals surface area (Å²) in [4.78, 5) is 47.3. The summed E-state index contributed by atoms with van der Waals surface area (Å²) >= 11 is 7.34. The van der Waals surface area contributed by atoms with E-state index in [1.54, 1.807) is 6.26 Å². The molecule has 10 nitrogen and oxygen atoms in total. The second kappa shape index (κ2) is 13.0. The van der Waals surface area contributed by atoms with Crippen LogP contribution in [-0.4, -0.2) is 53.7 Å². The first-order valence-electron chi connectivity index (χ1n) is 9.95. The SMILES string of the molecule is CSCC[C@@H](NC(=O)c1ccc([N+](=O)[O-])cc1Cl)C(=O)OCC(=O)Nc1ccc(OC(F)(F)F)cc1. The van der Waals surface area contributed by atoms with Crippen LogP contribution < -0.4 is 15.4 Å². The first-order chi connectivity index (χ1) is 16.9. The zero-order valence-corrected chi connectivity index (χ0v) is 20.0. The Hall–Kier alpha value is -3.52. The van der Waals surface area contributed by atoms with Crippen LogP contribution in [0.1, 0.15) is 16.8 Å². The van der Waals surface area contributed by atoms with Gasteiger partial charge < -0.3 is 20.1 Å². The number of thioether (sulfide) groups is 1. The van der Waals surface area contributed by atoms with E-state index in [2.05, 4.69) is 15.4 Å². The van der Waals surface area contributed by atoms with Crippen molar-refractivity contribution in [3.63, 3.8) is 0 Å². The maximum absolute atomic E-state index is 12.6. The van der Waals surface area contributed by atoms with E-state index in [9.17, 15) is 37.7 Å². The standard InChI is InChI=1S/C21H19ClF3N3O7S/c1-36-9-8-17(27-19(30)15-7-4-13(28(32)33)10-16(15)22)20(31)34-11-18(29)26-12-2-5-14(6-3-12)35-21(23,24)25/h2-7,10,17H,8-9,11H2,1H3,(H,26,29)(H,27,30)/t17-/m1/s1. The van der Waals surface area contributed by atoms with E-state index in [0.717, 1.165) is 42.5 Å². The monoisotopic (exact) mass is 549 g/mol. The van der Waals surface area contributed by atoms with Gasteiger partial charge in [-0.2, -0.15) is 11.8 Å². The second-order valence-corrected chi connectivity index (χ2v) is 8.35. The van der Waals surface area contributed by atoms with Gasteiger partial charge >= 0.3 is 12.3 Å². The minimum absolute atomic E-state index is 0.0973. The molecule has 0 aliphatic carbocycles. The van der Waals surface area contributed by atoms with Crippen LogP contribution in [0.15, 0.2) is 42.5 Å². The predicted octanol–water partition coefficient (Wildman–Crippen LogP) is 4.18. The van der Waals surface area contributed by atoms with Crippen molar-refractivity contribution in [3.8, 4) is 5.75 Å². The molecule has 0 saturated carbocycles. The number of esters is 1. The highest BCUT2D eigenvalue weighted by molar-refractivity contribution is 7.98. The minimum atomic E-state index is -4.86. The Morgan fingerprint density at radius 1 is 1.17 bits per heavy atom. The molecule has 0 aliphatic heterocycles. The molecule has 194 valence electrons. The number of alkyl halides is 3. The van der Waals surface area contributed by atoms with E-state index in [0.29, 0.717) is 5.75 Å². The fourth-order valence-electron chi connectivity index (χ4n) is 2.70. The van der Waals surface area contributed by atoms with Crippen LogP contribution in [-0.2, 0) is 14.3 Å². The van der Waals surface area contributed by atoms with Gasteiger partial charge in [0.25, 0.3) is 17.5 Å². The number of ether oxygens (including phenoxy) is 2. The molecule has 1 atom stereocenters. The normalized spacial score (nSPS) is 11.8. The molecule has 0 aliphatic rings. The maximum Gasteiger partial charge on any atom is 0.573 e. The van der Waals surface area contributed by atoms with Crippen LogP contribution in [0, 0.1) is 10.1 Å². The number of hydrogen-bond donors (Lipinski definition) is 2. The second-order valence-electron chi connectivity index (χ2n) is 6.96. The van der Waals surface area contributed by atoms with Crippen LogP contribution in [0.2, 0.25) is 5.02 Å². The predicted molar refractivity (Wildman–Crippen MR) is 125 cm³/mol. The highest BCUT2D eigenvalue weighted by Crippen LogP contribution is 2.24. The van der Waals surface area contributed by atoms with Crippen molar-refractivity contribution in [2.45, 2.75) is 18.8 Å². The molecule has 36 heavy (non-hydrogen) atoms. The zero-order valence-electron chi connectivity index (χ0n) is 18.5. The van der Waals surface area contributed by atoms with Gasteiger partial charge in [-0.05, 0) is 48.8 Å². The summed E-state index contributed by atoms with van der Waals surface area (Å²) in [5, 5.41) is 15.4. The van der Waals surface area contributed by atoms with E-state index in [1.165, 1.54) is 11.8 Å². The molecule has 0 fully saturated rings. The summed E-state index contributed by atoms with van der Waals surface area (Å²) in [6.07, 6.45) is -2.93. The molecule has 2 aromatic rings. The Morgan fingerprint density at radius 2 is 1.83 bits per heavy atom. The Kier molecular flexibility index (Phi) is 10.3. The molecule has 0 aromatic heterocycles. The number of nitrogens with zero attached hydrogens (tertiary/aromatic N) is 1. The third-order valence-corrected chi connectivity index (χ3v) is 5.28. The summed E-state index contributed by atoms with van der Waals surface area (Å²) in [7, 11) is 0. The average molecular weight is 550 g/mol. The molecule has 0 bridgehead atoms. The molecule has 2 rings (SSSR count). The largest absolute Gasteiger partial charge is 0.573 e. The molecule has 15 heteroatoms. The fraction of sp³-hybridized carbons (Fsp3) is 0.286. The molecule has 0 saturated heterocycles. The third-order valence-electron chi connectivity index (χ3n) is 4.33. The lowest BCUT2D eigenvalue weighted by Gasteiger charge is -2.18. The van der Waals surface area contributed by atoms with E-state index in [1.807, 2.05) is 0 Å². The zero-order chi connectivity index (χ0) is 26.9. The van der Waals surface area contributed by atoms with Crippen molar-refractivity contribution in [3.05, 3.63) is 63.2 Å². The summed E-state index contributed by atoms with van der Waals surface area (Å²) in [5.41, 5.74) is -0.283. The summed E-state index contributed by atoms with van der Waals surface area (Å²) in [5.74, 6) is -2.50. The average Bonchev–Trinajstić information content (AvgIpc) is 2.80. The lowest BCUT2D eigenvalue weighted by Crippen LogP contribution is -2.43. The number of halogens is 4. The number of carbonyl (C=O) groups excluding carboxylic acids is 3. The highest BCUT2D eigenvalue weighted by Gasteiger charge is 2.31. The van der Waals surface area contributed by atoms with Crippen molar-refractivity contribution in [2.24, 2.45) is 0 Å².